The Hall–Kier alpha value is -1.30. The van der Waals surface area contributed by atoms with Crippen LogP contribution in [0, 0.1) is 23.2 Å². The molecule has 0 amide bonds. The number of ether oxygens (including phenoxy) is 1. The number of aromatic nitrogens is 3. The van der Waals surface area contributed by atoms with Crippen LogP contribution in [0.5, 0.6) is 0 Å². The van der Waals surface area contributed by atoms with E-state index in [0.717, 1.165) is 35.2 Å². The molecule has 5 nitrogen and oxygen atoms in total. The third kappa shape index (κ3) is 3.57. The normalized spacial score (nSPS) is 32.0. The monoisotopic (exact) mass is 375 g/mol. The van der Waals surface area contributed by atoms with Crippen LogP contribution in [-0.4, -0.2) is 33.1 Å². The first kappa shape index (κ1) is 18.1. The first-order valence-corrected chi connectivity index (χ1v) is 10.9. The van der Waals surface area contributed by atoms with Crippen LogP contribution in [0.25, 0.3) is 0 Å². The Bertz CT molecular complexity index is 649. The second kappa shape index (κ2) is 7.37. The molecule has 0 atom stereocenters. The standard InChI is InChI=1S/C20H29N3O2S/c1-3-5-23-17(21-22-19(23)26-13-18(24)25-4-2)12-20-9-14-6-15(10-20)8-16(7-14)11-20/h3,14-16H,1,4-13H2,2H3. The SMILES string of the molecule is C=CCn1c(CC23CC4CC(CC(C4)C2)C3)nnc1SCC(=O)OCC. The fraction of sp³-hybridized carbons (Fsp3) is 0.750. The highest BCUT2D eigenvalue weighted by Gasteiger charge is 2.51. The molecule has 0 aromatic carbocycles. The topological polar surface area (TPSA) is 57.0 Å². The lowest BCUT2D eigenvalue weighted by atomic mass is 9.49. The first-order valence-electron chi connectivity index (χ1n) is 9.92. The second-order valence-electron chi connectivity index (χ2n) is 8.49. The fourth-order valence-electron chi connectivity index (χ4n) is 6.04. The number of esters is 1. The molecule has 4 fully saturated rings. The maximum absolute atomic E-state index is 11.7. The van der Waals surface area contributed by atoms with Crippen molar-refractivity contribution in [2.45, 2.75) is 63.6 Å². The number of carbonyl (C=O) groups is 1. The number of hydrogen-bond acceptors (Lipinski definition) is 5. The summed E-state index contributed by atoms with van der Waals surface area (Å²) in [5.74, 6) is 3.96. The van der Waals surface area contributed by atoms with Crippen LogP contribution in [-0.2, 0) is 22.5 Å². The van der Waals surface area contributed by atoms with Gasteiger partial charge in [0, 0.05) is 13.0 Å². The molecule has 4 saturated carbocycles. The van der Waals surface area contributed by atoms with Crippen molar-refractivity contribution in [3.63, 3.8) is 0 Å². The summed E-state index contributed by atoms with van der Waals surface area (Å²) in [6.07, 6.45) is 11.4. The zero-order valence-corrected chi connectivity index (χ0v) is 16.5. The summed E-state index contributed by atoms with van der Waals surface area (Å²) in [5.41, 5.74) is 0.434. The van der Waals surface area contributed by atoms with Crippen LogP contribution in [0.15, 0.2) is 17.8 Å². The van der Waals surface area contributed by atoms with Gasteiger partial charge in [0.15, 0.2) is 5.16 Å². The van der Waals surface area contributed by atoms with E-state index in [1.54, 1.807) is 0 Å². The molecule has 5 rings (SSSR count). The van der Waals surface area contributed by atoms with Gasteiger partial charge in [0.25, 0.3) is 0 Å². The molecule has 0 N–H and O–H groups in total. The molecule has 6 heteroatoms. The van der Waals surface area contributed by atoms with Gasteiger partial charge in [0.1, 0.15) is 5.82 Å². The molecule has 4 aliphatic rings. The number of hydrogen-bond donors (Lipinski definition) is 0. The number of thioether (sulfide) groups is 1. The number of rotatable bonds is 8. The van der Waals surface area contributed by atoms with E-state index in [0.29, 0.717) is 18.6 Å². The smallest absolute Gasteiger partial charge is 0.316 e. The summed E-state index contributed by atoms with van der Waals surface area (Å²) in [7, 11) is 0. The highest BCUT2D eigenvalue weighted by Crippen LogP contribution is 2.61. The van der Waals surface area contributed by atoms with E-state index in [2.05, 4.69) is 21.3 Å². The molecular weight excluding hydrogens is 346 g/mol. The van der Waals surface area contributed by atoms with Gasteiger partial charge < -0.3 is 9.30 Å². The summed E-state index contributed by atoms with van der Waals surface area (Å²) in [4.78, 5) is 11.7. The zero-order chi connectivity index (χ0) is 18.1. The third-order valence-corrected chi connectivity index (χ3v) is 7.37. The van der Waals surface area contributed by atoms with Crippen molar-refractivity contribution in [2.24, 2.45) is 23.2 Å². The number of carbonyl (C=O) groups excluding carboxylic acids is 1. The van der Waals surface area contributed by atoms with Crippen molar-refractivity contribution in [3.8, 4) is 0 Å². The van der Waals surface area contributed by atoms with Crippen LogP contribution in [0.2, 0.25) is 0 Å². The fourth-order valence-corrected chi connectivity index (χ4v) is 6.80. The summed E-state index contributed by atoms with van der Waals surface area (Å²) < 4.78 is 7.17. The molecule has 4 aliphatic carbocycles. The van der Waals surface area contributed by atoms with E-state index in [-0.39, 0.29) is 11.7 Å². The van der Waals surface area contributed by atoms with Gasteiger partial charge >= 0.3 is 5.97 Å². The van der Waals surface area contributed by atoms with Gasteiger partial charge in [-0.3, -0.25) is 4.79 Å². The van der Waals surface area contributed by atoms with Crippen molar-refractivity contribution < 1.29 is 9.53 Å². The molecule has 0 radical (unpaired) electrons. The van der Waals surface area contributed by atoms with E-state index in [9.17, 15) is 4.79 Å². The van der Waals surface area contributed by atoms with E-state index >= 15 is 0 Å². The molecule has 0 spiro atoms. The predicted octanol–water partition coefficient (Wildman–Crippen LogP) is 3.88. The maximum atomic E-state index is 11.7. The average Bonchev–Trinajstić information content (AvgIpc) is 2.94. The molecular formula is C20H29N3O2S. The summed E-state index contributed by atoms with van der Waals surface area (Å²) in [5, 5.41) is 9.72. The largest absolute Gasteiger partial charge is 0.465 e. The Kier molecular flexibility index (Phi) is 5.13. The maximum Gasteiger partial charge on any atom is 0.316 e. The Morgan fingerprint density at radius 3 is 2.50 bits per heavy atom. The minimum absolute atomic E-state index is 0.201. The van der Waals surface area contributed by atoms with Crippen LogP contribution in [0.4, 0.5) is 0 Å². The van der Waals surface area contributed by atoms with Gasteiger partial charge in [-0.05, 0) is 68.6 Å². The molecule has 142 valence electrons. The van der Waals surface area contributed by atoms with Crippen molar-refractivity contribution in [1.82, 2.24) is 14.8 Å². The van der Waals surface area contributed by atoms with Crippen LogP contribution < -0.4 is 0 Å². The number of allylic oxidation sites excluding steroid dienone is 1. The molecule has 0 aliphatic heterocycles. The van der Waals surface area contributed by atoms with Crippen molar-refractivity contribution in [1.29, 1.82) is 0 Å². The van der Waals surface area contributed by atoms with Gasteiger partial charge in [-0.25, -0.2) is 0 Å². The van der Waals surface area contributed by atoms with Gasteiger partial charge in [0.05, 0.1) is 12.4 Å². The second-order valence-corrected chi connectivity index (χ2v) is 9.43. The van der Waals surface area contributed by atoms with Crippen molar-refractivity contribution in [2.75, 3.05) is 12.4 Å². The molecule has 1 aromatic rings. The van der Waals surface area contributed by atoms with Crippen LogP contribution in [0.3, 0.4) is 0 Å². The third-order valence-electron chi connectivity index (χ3n) is 6.43. The molecule has 0 saturated heterocycles. The summed E-state index contributed by atoms with van der Waals surface area (Å²) in [6.45, 7) is 6.82. The zero-order valence-electron chi connectivity index (χ0n) is 15.7. The van der Waals surface area contributed by atoms with Gasteiger partial charge in [-0.15, -0.1) is 16.8 Å². The number of nitrogens with zero attached hydrogens (tertiary/aromatic N) is 3. The van der Waals surface area contributed by atoms with Gasteiger partial charge in [-0.1, -0.05) is 17.8 Å². The molecule has 1 aromatic heterocycles. The Morgan fingerprint density at radius 1 is 1.27 bits per heavy atom. The Morgan fingerprint density at radius 2 is 1.92 bits per heavy atom. The summed E-state index contributed by atoms with van der Waals surface area (Å²) >= 11 is 1.42. The van der Waals surface area contributed by atoms with E-state index < -0.39 is 0 Å². The van der Waals surface area contributed by atoms with Gasteiger partial charge in [0.2, 0.25) is 0 Å². The lowest BCUT2D eigenvalue weighted by Crippen LogP contribution is -2.47. The van der Waals surface area contributed by atoms with Crippen molar-refractivity contribution in [3.05, 3.63) is 18.5 Å². The highest BCUT2D eigenvalue weighted by atomic mass is 32.2. The lowest BCUT2D eigenvalue weighted by Gasteiger charge is -2.56. The summed E-state index contributed by atoms with van der Waals surface area (Å²) in [6, 6.07) is 0. The average molecular weight is 376 g/mol. The minimum Gasteiger partial charge on any atom is -0.465 e. The molecule has 0 unspecified atom stereocenters. The minimum atomic E-state index is -0.201. The van der Waals surface area contributed by atoms with Crippen LogP contribution in [0.1, 0.15) is 51.3 Å². The predicted molar refractivity (Wildman–Crippen MR) is 102 cm³/mol. The first-order chi connectivity index (χ1) is 12.6. The van der Waals surface area contributed by atoms with E-state index in [4.69, 9.17) is 4.74 Å². The van der Waals surface area contributed by atoms with E-state index in [1.807, 2.05) is 13.0 Å². The lowest BCUT2D eigenvalue weighted by molar-refractivity contribution is -0.139. The quantitative estimate of drug-likeness (QED) is 0.392. The Labute approximate surface area is 160 Å². The van der Waals surface area contributed by atoms with Gasteiger partial charge in [-0.2, -0.15) is 0 Å². The van der Waals surface area contributed by atoms with Crippen molar-refractivity contribution >= 4 is 17.7 Å². The van der Waals surface area contributed by atoms with E-state index in [1.165, 1.54) is 50.3 Å². The molecule has 26 heavy (non-hydrogen) atoms. The molecule has 1 heterocycles. The Balaban J connectivity index is 1.49. The molecule has 4 bridgehead atoms. The van der Waals surface area contributed by atoms with Crippen LogP contribution >= 0.6 is 11.8 Å². The highest BCUT2D eigenvalue weighted by molar-refractivity contribution is 7.99.